The molecular formula is C35H31ClF6N6O4. The van der Waals surface area contributed by atoms with Crippen LogP contribution < -0.4 is 26.0 Å². The number of nitrogens with zero attached hydrogens (tertiary/aromatic N) is 2. The lowest BCUT2D eigenvalue weighted by molar-refractivity contribution is -0.141. The number of urea groups is 1. The fourth-order valence-electron chi connectivity index (χ4n) is 4.50. The summed E-state index contributed by atoms with van der Waals surface area (Å²) in [5.74, 6) is -0.145. The number of nitrogens with one attached hydrogen (secondary N) is 4. The van der Waals surface area contributed by atoms with Gasteiger partial charge in [-0.3, -0.25) is 19.6 Å². The molecule has 4 rings (SSSR count). The Labute approximate surface area is 298 Å². The number of alkyl halides is 6. The second-order valence-corrected chi connectivity index (χ2v) is 11.4. The van der Waals surface area contributed by atoms with Gasteiger partial charge in [0.25, 0.3) is 5.91 Å². The van der Waals surface area contributed by atoms with Crippen LogP contribution in [0.3, 0.4) is 0 Å². The van der Waals surface area contributed by atoms with Gasteiger partial charge in [-0.05, 0) is 85.1 Å². The minimum atomic E-state index is -4.68. The minimum Gasteiger partial charge on any atom is -0.457 e. The maximum atomic E-state index is 13.1. The van der Waals surface area contributed by atoms with Crippen molar-refractivity contribution in [1.82, 2.24) is 20.6 Å². The molecule has 0 bridgehead atoms. The van der Waals surface area contributed by atoms with E-state index in [4.69, 9.17) is 16.3 Å². The molecule has 17 heteroatoms. The molecule has 4 aromatic rings. The molecule has 0 fully saturated rings. The zero-order valence-electron chi connectivity index (χ0n) is 27.1. The van der Waals surface area contributed by atoms with Crippen molar-refractivity contribution in [2.75, 3.05) is 23.7 Å². The molecule has 274 valence electrons. The highest BCUT2D eigenvalue weighted by Gasteiger charge is 2.34. The summed E-state index contributed by atoms with van der Waals surface area (Å²) in [5.41, 5.74) is -1.56. The molecule has 2 aromatic carbocycles. The van der Waals surface area contributed by atoms with E-state index in [1.165, 1.54) is 42.6 Å². The number of unbranched alkanes of at least 4 members (excludes halogenated alkanes) is 3. The first kappa shape index (κ1) is 39.2. The SMILES string of the molecule is O=C(C=Cc1ccnc(C(F)(F)F)c1)NCCCCCCNC(=O)c1cc(Oc2ccc(NC(=O)Nc3ccc(Cl)c(C(F)(F)F)c3)cc2)ccn1. The minimum absolute atomic E-state index is 0.0995. The number of benzene rings is 2. The Bertz CT molecular complexity index is 1890. The van der Waals surface area contributed by atoms with Crippen molar-refractivity contribution in [2.45, 2.75) is 38.0 Å². The van der Waals surface area contributed by atoms with Crippen molar-refractivity contribution in [3.05, 3.63) is 113 Å². The third kappa shape index (κ3) is 12.6. The predicted molar refractivity (Wildman–Crippen MR) is 182 cm³/mol. The van der Waals surface area contributed by atoms with E-state index in [0.717, 1.165) is 43.3 Å². The maximum Gasteiger partial charge on any atom is 0.433 e. The molecule has 0 spiro atoms. The van der Waals surface area contributed by atoms with Crippen LogP contribution >= 0.6 is 11.6 Å². The van der Waals surface area contributed by atoms with Gasteiger partial charge in [-0.25, -0.2) is 4.79 Å². The molecule has 52 heavy (non-hydrogen) atoms. The van der Waals surface area contributed by atoms with Crippen LogP contribution in [-0.2, 0) is 17.1 Å². The first-order valence-corrected chi connectivity index (χ1v) is 16.0. The number of pyridine rings is 2. The van der Waals surface area contributed by atoms with Gasteiger partial charge in [0.1, 0.15) is 22.9 Å². The van der Waals surface area contributed by atoms with E-state index in [1.807, 2.05) is 0 Å². The molecule has 4 N–H and O–H groups in total. The average molecular weight is 749 g/mol. The van der Waals surface area contributed by atoms with Crippen LogP contribution in [0.1, 0.15) is 53.0 Å². The molecule has 0 radical (unpaired) electrons. The molecule has 0 saturated carbocycles. The van der Waals surface area contributed by atoms with Crippen molar-refractivity contribution in [3.63, 3.8) is 0 Å². The summed E-state index contributed by atoms with van der Waals surface area (Å²) in [6.07, 6.45) is -1.50. The molecule has 4 amide bonds. The van der Waals surface area contributed by atoms with Crippen molar-refractivity contribution in [2.24, 2.45) is 0 Å². The summed E-state index contributed by atoms with van der Waals surface area (Å²) in [6, 6.07) is 13.6. The number of amides is 4. The first-order valence-electron chi connectivity index (χ1n) is 15.6. The number of anilines is 2. The lowest BCUT2D eigenvalue weighted by Gasteiger charge is -2.12. The number of ether oxygens (including phenoxy) is 1. The van der Waals surface area contributed by atoms with Gasteiger partial charge in [-0.1, -0.05) is 24.4 Å². The molecule has 0 atom stereocenters. The number of halogens is 7. The molecule has 10 nitrogen and oxygen atoms in total. The van der Waals surface area contributed by atoms with E-state index < -0.39 is 46.5 Å². The van der Waals surface area contributed by atoms with E-state index >= 15 is 0 Å². The van der Waals surface area contributed by atoms with Crippen molar-refractivity contribution in [1.29, 1.82) is 0 Å². The fourth-order valence-corrected chi connectivity index (χ4v) is 4.72. The summed E-state index contributed by atoms with van der Waals surface area (Å²) in [7, 11) is 0. The standard InChI is InChI=1S/C35H31ClF6N6O4/c36-28-11-8-24(20-27(28)34(37,38)39)48-33(51)47-23-6-9-25(10-7-23)52-26-14-18-43-29(21-26)32(50)46-16-4-2-1-3-15-45-31(49)12-5-22-13-17-44-30(19-22)35(40,41)42/h5-14,17-21H,1-4,15-16H2,(H,45,49)(H,46,50)(H2,47,48,51). The van der Waals surface area contributed by atoms with Crippen LogP contribution in [0.5, 0.6) is 11.5 Å². The average Bonchev–Trinajstić information content (AvgIpc) is 3.09. The van der Waals surface area contributed by atoms with Gasteiger partial charge >= 0.3 is 18.4 Å². The Balaban J connectivity index is 1.13. The van der Waals surface area contributed by atoms with Crippen LogP contribution in [0.2, 0.25) is 5.02 Å². The third-order valence-corrected chi connectivity index (χ3v) is 7.36. The van der Waals surface area contributed by atoms with Crippen LogP contribution in [0, 0.1) is 0 Å². The quantitative estimate of drug-likeness (QED) is 0.0579. The van der Waals surface area contributed by atoms with Crippen molar-refractivity contribution >= 4 is 46.9 Å². The number of rotatable bonds is 14. The molecule has 0 saturated heterocycles. The maximum absolute atomic E-state index is 13.1. The Morgan fingerprint density at radius 1 is 0.712 bits per heavy atom. The number of carbonyl (C=O) groups is 3. The highest BCUT2D eigenvalue weighted by molar-refractivity contribution is 6.31. The van der Waals surface area contributed by atoms with Crippen LogP contribution in [-0.4, -0.2) is 40.9 Å². The monoisotopic (exact) mass is 748 g/mol. The lowest BCUT2D eigenvalue weighted by Crippen LogP contribution is -2.25. The summed E-state index contributed by atoms with van der Waals surface area (Å²) in [4.78, 5) is 44.2. The summed E-state index contributed by atoms with van der Waals surface area (Å²) < 4.78 is 83.3. The molecule has 0 aliphatic rings. The van der Waals surface area contributed by atoms with E-state index in [0.29, 0.717) is 43.1 Å². The Kier molecular flexibility index (Phi) is 13.6. The highest BCUT2D eigenvalue weighted by atomic mass is 35.5. The van der Waals surface area contributed by atoms with Gasteiger partial charge in [-0.15, -0.1) is 0 Å². The molecular weight excluding hydrogens is 718 g/mol. The largest absolute Gasteiger partial charge is 0.457 e. The van der Waals surface area contributed by atoms with Gasteiger partial charge < -0.3 is 26.0 Å². The van der Waals surface area contributed by atoms with Gasteiger partial charge in [0.05, 0.1) is 10.6 Å². The van der Waals surface area contributed by atoms with E-state index in [2.05, 4.69) is 31.2 Å². The lowest BCUT2D eigenvalue weighted by atomic mass is 10.2. The second-order valence-electron chi connectivity index (χ2n) is 11.0. The fraction of sp³-hybridized carbons (Fsp3) is 0.229. The number of hydrogen-bond donors (Lipinski definition) is 4. The second kappa shape index (κ2) is 18.0. The molecule has 2 aromatic heterocycles. The van der Waals surface area contributed by atoms with Crippen LogP contribution in [0.15, 0.2) is 85.2 Å². The van der Waals surface area contributed by atoms with Gasteiger partial charge in [0, 0.05) is 49.0 Å². The predicted octanol–water partition coefficient (Wildman–Crippen LogP) is 8.72. The number of hydrogen-bond acceptors (Lipinski definition) is 6. The van der Waals surface area contributed by atoms with E-state index in [-0.39, 0.29) is 16.9 Å². The molecule has 0 aliphatic heterocycles. The van der Waals surface area contributed by atoms with E-state index in [1.54, 1.807) is 18.2 Å². The number of aromatic nitrogens is 2. The Morgan fingerprint density at radius 3 is 2.06 bits per heavy atom. The zero-order valence-corrected chi connectivity index (χ0v) is 27.8. The van der Waals surface area contributed by atoms with Crippen molar-refractivity contribution < 1.29 is 45.5 Å². The van der Waals surface area contributed by atoms with Crippen molar-refractivity contribution in [3.8, 4) is 11.5 Å². The van der Waals surface area contributed by atoms with Crippen LogP contribution in [0.4, 0.5) is 42.5 Å². The first-order chi connectivity index (χ1) is 24.7. The Hall–Kier alpha value is -5.64. The summed E-state index contributed by atoms with van der Waals surface area (Å²) >= 11 is 5.61. The van der Waals surface area contributed by atoms with Gasteiger partial charge in [0.2, 0.25) is 5.91 Å². The molecule has 0 aliphatic carbocycles. The topological polar surface area (TPSA) is 134 Å². The zero-order chi connectivity index (χ0) is 37.7. The van der Waals surface area contributed by atoms with Crippen LogP contribution in [0.25, 0.3) is 6.08 Å². The highest BCUT2D eigenvalue weighted by Crippen LogP contribution is 2.36. The summed E-state index contributed by atoms with van der Waals surface area (Å²) in [5, 5.41) is 9.79. The smallest absolute Gasteiger partial charge is 0.433 e. The Morgan fingerprint density at radius 2 is 1.37 bits per heavy atom. The van der Waals surface area contributed by atoms with Gasteiger partial charge in [0.15, 0.2) is 0 Å². The van der Waals surface area contributed by atoms with E-state index in [9.17, 15) is 40.7 Å². The third-order valence-electron chi connectivity index (χ3n) is 7.03. The molecule has 0 unspecified atom stereocenters. The number of carbonyl (C=O) groups excluding carboxylic acids is 3. The summed E-state index contributed by atoms with van der Waals surface area (Å²) in [6.45, 7) is 0.764. The molecule has 2 heterocycles. The van der Waals surface area contributed by atoms with Gasteiger partial charge in [-0.2, -0.15) is 26.3 Å². The normalized spacial score (nSPS) is 11.6.